The molecule has 3 aromatic carbocycles. The monoisotopic (exact) mass is 539 g/mol. The Bertz CT molecular complexity index is 1270. The van der Waals surface area contributed by atoms with Crippen LogP contribution in [0.4, 0.5) is 5.69 Å². The Morgan fingerprint density at radius 3 is 2.15 bits per heavy atom. The van der Waals surface area contributed by atoms with Crippen molar-refractivity contribution >= 4 is 23.4 Å². The molecular formula is C32H37N5O3. The minimum absolute atomic E-state index is 0.0743. The number of hydrogen-bond donors (Lipinski definition) is 2. The molecule has 2 heterocycles. The third-order valence-corrected chi connectivity index (χ3v) is 7.69. The number of carbonyl (C=O) groups is 3. The van der Waals surface area contributed by atoms with Crippen LogP contribution in [0.5, 0.6) is 0 Å². The molecule has 0 unspecified atom stereocenters. The van der Waals surface area contributed by atoms with Crippen molar-refractivity contribution in [2.24, 2.45) is 0 Å². The molecule has 3 amide bonds. The van der Waals surface area contributed by atoms with E-state index in [-0.39, 0.29) is 36.7 Å². The van der Waals surface area contributed by atoms with Crippen LogP contribution in [0.1, 0.15) is 29.2 Å². The second-order valence-electron chi connectivity index (χ2n) is 10.6. The number of nitrogens with one attached hydrogen (secondary N) is 2. The van der Waals surface area contributed by atoms with Crippen molar-refractivity contribution in [3.05, 3.63) is 102 Å². The lowest BCUT2D eigenvalue weighted by Gasteiger charge is -2.41. The fourth-order valence-electron chi connectivity index (χ4n) is 5.67. The summed E-state index contributed by atoms with van der Waals surface area (Å²) in [6.45, 7) is 6.13. The van der Waals surface area contributed by atoms with Gasteiger partial charge in [-0.3, -0.25) is 24.2 Å². The van der Waals surface area contributed by atoms with Crippen LogP contribution in [0.25, 0.3) is 0 Å². The lowest BCUT2D eigenvalue weighted by molar-refractivity contribution is -0.145. The molecular weight excluding hydrogens is 502 g/mol. The standard InChI is InChI=1S/C32H37N5O3/c1-24-9-8-14-27(21-24)34-29(38)22-28-32(40)33-15-16-37(28)30(39)23-35-17-19-36(20-18-35)31(25-10-4-2-5-11-25)26-12-6-3-7-13-26/h2-14,21,28,31H,15-20,22-23H2,1H3,(H,33,40)(H,34,38)/t28-/m1/s1. The molecule has 0 radical (unpaired) electrons. The summed E-state index contributed by atoms with van der Waals surface area (Å²) in [4.78, 5) is 45.1. The maximum absolute atomic E-state index is 13.4. The Morgan fingerprint density at radius 2 is 1.52 bits per heavy atom. The van der Waals surface area contributed by atoms with Crippen molar-refractivity contribution in [3.63, 3.8) is 0 Å². The highest BCUT2D eigenvalue weighted by Crippen LogP contribution is 2.29. The van der Waals surface area contributed by atoms with Gasteiger partial charge < -0.3 is 15.5 Å². The first kappa shape index (κ1) is 27.6. The zero-order chi connectivity index (χ0) is 27.9. The smallest absolute Gasteiger partial charge is 0.243 e. The van der Waals surface area contributed by atoms with E-state index in [4.69, 9.17) is 0 Å². The summed E-state index contributed by atoms with van der Waals surface area (Å²) in [5.74, 6) is -0.677. The van der Waals surface area contributed by atoms with Gasteiger partial charge in [0.05, 0.1) is 19.0 Å². The van der Waals surface area contributed by atoms with Crippen LogP contribution in [0, 0.1) is 6.92 Å². The number of benzene rings is 3. The molecule has 1 atom stereocenters. The van der Waals surface area contributed by atoms with E-state index in [1.54, 1.807) is 4.90 Å². The molecule has 3 aromatic rings. The van der Waals surface area contributed by atoms with Crippen molar-refractivity contribution in [2.45, 2.75) is 25.4 Å². The molecule has 0 aromatic heterocycles. The predicted octanol–water partition coefficient (Wildman–Crippen LogP) is 3.06. The van der Waals surface area contributed by atoms with Crippen LogP contribution in [0.15, 0.2) is 84.9 Å². The number of carbonyl (C=O) groups excluding carboxylic acids is 3. The van der Waals surface area contributed by atoms with E-state index < -0.39 is 6.04 Å². The quantitative estimate of drug-likeness (QED) is 0.460. The number of nitrogens with zero attached hydrogens (tertiary/aromatic N) is 3. The Morgan fingerprint density at radius 1 is 0.875 bits per heavy atom. The molecule has 0 spiro atoms. The van der Waals surface area contributed by atoms with Crippen molar-refractivity contribution in [2.75, 3.05) is 51.1 Å². The van der Waals surface area contributed by atoms with Crippen LogP contribution in [-0.2, 0) is 14.4 Å². The Balaban J connectivity index is 1.19. The molecule has 2 saturated heterocycles. The van der Waals surface area contributed by atoms with Crippen LogP contribution in [0.2, 0.25) is 0 Å². The zero-order valence-corrected chi connectivity index (χ0v) is 23.0. The van der Waals surface area contributed by atoms with Gasteiger partial charge >= 0.3 is 0 Å². The summed E-state index contributed by atoms with van der Waals surface area (Å²) >= 11 is 0. The summed E-state index contributed by atoms with van der Waals surface area (Å²) in [6, 6.07) is 27.9. The summed E-state index contributed by atoms with van der Waals surface area (Å²) < 4.78 is 0. The first-order valence-corrected chi connectivity index (χ1v) is 14.0. The Kier molecular flexibility index (Phi) is 8.88. The van der Waals surface area contributed by atoms with Gasteiger partial charge in [-0.2, -0.15) is 0 Å². The Labute approximate surface area is 236 Å². The first-order valence-electron chi connectivity index (χ1n) is 14.0. The minimum atomic E-state index is -0.812. The van der Waals surface area contributed by atoms with Gasteiger partial charge in [-0.05, 0) is 35.7 Å². The van der Waals surface area contributed by atoms with E-state index in [0.29, 0.717) is 18.8 Å². The molecule has 2 fully saturated rings. The lowest BCUT2D eigenvalue weighted by atomic mass is 9.96. The van der Waals surface area contributed by atoms with E-state index in [1.807, 2.05) is 43.3 Å². The second-order valence-corrected chi connectivity index (χ2v) is 10.6. The van der Waals surface area contributed by atoms with Crippen LogP contribution >= 0.6 is 0 Å². The largest absolute Gasteiger partial charge is 0.353 e. The molecule has 8 nitrogen and oxygen atoms in total. The van der Waals surface area contributed by atoms with Gasteiger partial charge in [0.25, 0.3) is 0 Å². The molecule has 2 N–H and O–H groups in total. The predicted molar refractivity (Wildman–Crippen MR) is 156 cm³/mol. The highest BCUT2D eigenvalue weighted by atomic mass is 16.2. The van der Waals surface area contributed by atoms with Gasteiger partial charge in [0.2, 0.25) is 17.7 Å². The van der Waals surface area contributed by atoms with Crippen molar-refractivity contribution in [3.8, 4) is 0 Å². The van der Waals surface area contributed by atoms with Crippen LogP contribution in [-0.4, -0.2) is 84.3 Å². The summed E-state index contributed by atoms with van der Waals surface area (Å²) in [5, 5.41) is 5.68. The fourth-order valence-corrected chi connectivity index (χ4v) is 5.67. The maximum Gasteiger partial charge on any atom is 0.243 e. The average Bonchev–Trinajstić information content (AvgIpc) is 2.96. The van der Waals surface area contributed by atoms with E-state index >= 15 is 0 Å². The molecule has 0 aliphatic carbocycles. The third kappa shape index (κ3) is 6.76. The highest BCUT2D eigenvalue weighted by Gasteiger charge is 2.36. The fraction of sp³-hybridized carbons (Fsp3) is 0.344. The van der Waals surface area contributed by atoms with Gasteiger partial charge in [-0.25, -0.2) is 0 Å². The third-order valence-electron chi connectivity index (χ3n) is 7.69. The van der Waals surface area contributed by atoms with Crippen molar-refractivity contribution in [1.82, 2.24) is 20.0 Å². The van der Waals surface area contributed by atoms with Gasteiger partial charge in [0.1, 0.15) is 6.04 Å². The maximum atomic E-state index is 13.4. The van der Waals surface area contributed by atoms with Gasteiger partial charge in [-0.1, -0.05) is 72.8 Å². The van der Waals surface area contributed by atoms with Gasteiger partial charge in [0.15, 0.2) is 0 Å². The van der Waals surface area contributed by atoms with Crippen LogP contribution in [0.3, 0.4) is 0 Å². The van der Waals surface area contributed by atoms with Crippen molar-refractivity contribution < 1.29 is 14.4 Å². The number of aryl methyl sites for hydroxylation is 1. The lowest BCUT2D eigenvalue weighted by Crippen LogP contribution is -2.60. The zero-order valence-electron chi connectivity index (χ0n) is 23.0. The molecule has 8 heteroatoms. The van der Waals surface area contributed by atoms with Crippen LogP contribution < -0.4 is 10.6 Å². The number of anilines is 1. The van der Waals surface area contributed by atoms with E-state index in [9.17, 15) is 14.4 Å². The molecule has 5 rings (SSSR count). The normalized spacial score (nSPS) is 18.4. The van der Waals surface area contributed by atoms with E-state index in [0.717, 1.165) is 31.7 Å². The molecule has 0 saturated carbocycles. The second kappa shape index (κ2) is 12.9. The molecule has 2 aliphatic rings. The highest BCUT2D eigenvalue weighted by molar-refractivity contribution is 5.97. The minimum Gasteiger partial charge on any atom is -0.353 e. The number of rotatable bonds is 8. The van der Waals surface area contributed by atoms with E-state index in [2.05, 4.69) is 69.0 Å². The number of piperazine rings is 2. The summed E-state index contributed by atoms with van der Waals surface area (Å²) in [5.41, 5.74) is 4.22. The summed E-state index contributed by atoms with van der Waals surface area (Å²) in [6.07, 6.45) is -0.0743. The first-order chi connectivity index (χ1) is 19.5. The van der Waals surface area contributed by atoms with Gasteiger partial charge in [0, 0.05) is 45.0 Å². The van der Waals surface area contributed by atoms with Crippen molar-refractivity contribution in [1.29, 1.82) is 0 Å². The number of amides is 3. The average molecular weight is 540 g/mol. The van der Waals surface area contributed by atoms with E-state index in [1.165, 1.54) is 11.1 Å². The van der Waals surface area contributed by atoms with Gasteiger partial charge in [-0.15, -0.1) is 0 Å². The molecule has 40 heavy (non-hydrogen) atoms. The molecule has 2 aliphatic heterocycles. The Hall–Kier alpha value is -4.01. The molecule has 208 valence electrons. The summed E-state index contributed by atoms with van der Waals surface area (Å²) in [7, 11) is 0. The SMILES string of the molecule is Cc1cccc(NC(=O)C[C@@H]2C(=O)NCCN2C(=O)CN2CCN(C(c3ccccc3)c3ccccc3)CC2)c1. The molecule has 0 bridgehead atoms. The number of hydrogen-bond acceptors (Lipinski definition) is 5. The topological polar surface area (TPSA) is 85.0 Å².